The fourth-order valence-corrected chi connectivity index (χ4v) is 19.7. The van der Waals surface area contributed by atoms with Crippen molar-refractivity contribution in [3.8, 4) is 67.0 Å². The Labute approximate surface area is 604 Å². The lowest BCUT2D eigenvalue weighted by atomic mass is 9.33. The highest BCUT2D eigenvalue weighted by Crippen LogP contribution is 2.54. The lowest BCUT2D eigenvalue weighted by Gasteiger charge is -2.44. The van der Waals surface area contributed by atoms with E-state index in [4.69, 9.17) is 0 Å². The molecule has 0 bridgehead atoms. The lowest BCUT2D eigenvalue weighted by molar-refractivity contribution is 0.402. The highest BCUT2D eigenvalue weighted by atomic mass is 15.2. The van der Waals surface area contributed by atoms with E-state index in [1.54, 1.807) is 0 Å². The summed E-state index contributed by atoms with van der Waals surface area (Å²) >= 11 is 0. The van der Waals surface area contributed by atoms with Crippen molar-refractivity contribution in [3.05, 3.63) is 332 Å². The van der Waals surface area contributed by atoms with Gasteiger partial charge in [-0.3, -0.25) is 0 Å². The van der Waals surface area contributed by atoms with E-state index in [1.165, 1.54) is 127 Å². The maximum Gasteiger partial charge on any atom is 0.252 e. The van der Waals surface area contributed by atoms with Crippen LogP contribution in [0.4, 0.5) is 34.1 Å². The molecule has 0 N–H and O–H groups in total. The average Bonchev–Trinajstić information content (AvgIpc) is 1.00. The molecule has 2 aliphatic carbocycles. The minimum absolute atomic E-state index is 0.0698. The van der Waals surface area contributed by atoms with E-state index in [0.29, 0.717) is 0 Å². The topological polar surface area (TPSA) is 16.3 Å². The molecule has 103 heavy (non-hydrogen) atoms. The van der Waals surface area contributed by atoms with Crippen LogP contribution < -0.4 is 26.2 Å². The van der Waals surface area contributed by atoms with Crippen LogP contribution in [0.5, 0.6) is 0 Å². The molecule has 0 atom stereocenters. The Bertz CT molecular complexity index is 6020. The molecular formula is C98H79BN4. The van der Waals surface area contributed by atoms with Gasteiger partial charge in [0.1, 0.15) is 0 Å². The molecule has 16 aromatic rings. The van der Waals surface area contributed by atoms with Gasteiger partial charge in [-0.05, 0) is 220 Å². The fourth-order valence-electron chi connectivity index (χ4n) is 19.7. The van der Waals surface area contributed by atoms with E-state index in [1.807, 2.05) is 0 Å². The van der Waals surface area contributed by atoms with Crippen LogP contribution in [-0.2, 0) is 21.7 Å². The molecule has 5 heteroatoms. The van der Waals surface area contributed by atoms with E-state index in [9.17, 15) is 0 Å². The molecular weight excluding hydrogens is 1240 g/mol. The molecule has 4 nitrogen and oxygen atoms in total. The Morgan fingerprint density at radius 1 is 0.233 bits per heavy atom. The van der Waals surface area contributed by atoms with E-state index in [0.717, 1.165) is 69.4 Å². The minimum Gasteiger partial charge on any atom is -0.311 e. The van der Waals surface area contributed by atoms with Crippen molar-refractivity contribution in [1.29, 1.82) is 0 Å². The van der Waals surface area contributed by atoms with Gasteiger partial charge in [0.15, 0.2) is 0 Å². The summed E-state index contributed by atoms with van der Waals surface area (Å²) in [5.74, 6) is 0. The van der Waals surface area contributed by atoms with Crippen LogP contribution >= 0.6 is 0 Å². The van der Waals surface area contributed by atoms with Gasteiger partial charge in [-0.15, -0.1) is 0 Å². The Hall–Kier alpha value is -11.7. The molecule has 2 aliphatic heterocycles. The molecule has 0 radical (unpaired) electrons. The van der Waals surface area contributed by atoms with Crippen LogP contribution in [0, 0.1) is 0 Å². The van der Waals surface area contributed by atoms with Gasteiger partial charge in [0, 0.05) is 61.4 Å². The summed E-state index contributed by atoms with van der Waals surface area (Å²) < 4.78 is 5.05. The second-order valence-electron chi connectivity index (χ2n) is 32.3. The van der Waals surface area contributed by atoms with Gasteiger partial charge in [0.25, 0.3) is 6.71 Å². The molecule has 0 saturated heterocycles. The largest absolute Gasteiger partial charge is 0.311 e. The standard InChI is InChI=1S/C98H79BN4/c1-95(2)60-97(5,6)82-54-69(36-46-80(82)95)65-32-41-72(42-33-65)100-90-56-71(64-26-16-11-17-27-64)38-48-84(90)99-85-49-45-74(102-88-50-39-67(62-22-12-9-13-23-62)52-78(88)79-53-68(40-51-89(79)102)63-24-14-10-15-25-63)57-91(85)101(73-43-34-66(35-44-73)70-37-47-81-83(55-70)98(7,8)61-96(81,3)4)93-59-75(58-92(100)94(93)99)103-86-30-20-18-28-76(86)77-29-19-21-31-87(77)103/h9-59H,60-61H2,1-8H3. The van der Waals surface area contributed by atoms with Crippen molar-refractivity contribution in [2.75, 3.05) is 9.80 Å². The molecule has 2 aromatic heterocycles. The van der Waals surface area contributed by atoms with Crippen molar-refractivity contribution in [2.24, 2.45) is 0 Å². The van der Waals surface area contributed by atoms with E-state index in [2.05, 4.69) is 384 Å². The van der Waals surface area contributed by atoms with Crippen LogP contribution in [0.3, 0.4) is 0 Å². The lowest BCUT2D eigenvalue weighted by Crippen LogP contribution is -2.61. The molecule has 20 rings (SSSR count). The first-order chi connectivity index (χ1) is 50.0. The quantitative estimate of drug-likeness (QED) is 0.134. The van der Waals surface area contributed by atoms with Crippen molar-refractivity contribution in [2.45, 2.75) is 89.9 Å². The molecule has 0 saturated carbocycles. The number of fused-ring (bicyclic) bond motifs is 12. The highest BCUT2D eigenvalue weighted by Gasteiger charge is 2.46. The van der Waals surface area contributed by atoms with Crippen molar-refractivity contribution in [1.82, 2.24) is 9.13 Å². The maximum atomic E-state index is 2.62. The van der Waals surface area contributed by atoms with Gasteiger partial charge in [-0.25, -0.2) is 0 Å². The zero-order chi connectivity index (χ0) is 69.4. The summed E-state index contributed by atoms with van der Waals surface area (Å²) in [6.45, 7) is 19.2. The number of anilines is 6. The number of hydrogen-bond donors (Lipinski definition) is 0. The second kappa shape index (κ2) is 22.4. The van der Waals surface area contributed by atoms with Crippen LogP contribution in [0.25, 0.3) is 111 Å². The first kappa shape index (κ1) is 61.2. The third-order valence-corrected chi connectivity index (χ3v) is 23.9. The van der Waals surface area contributed by atoms with Crippen LogP contribution in [0.15, 0.2) is 309 Å². The van der Waals surface area contributed by atoms with E-state index < -0.39 is 0 Å². The number of nitrogens with zero attached hydrogens (tertiary/aromatic N) is 4. The van der Waals surface area contributed by atoms with Crippen LogP contribution in [0.2, 0.25) is 0 Å². The predicted octanol–water partition coefficient (Wildman–Crippen LogP) is 24.2. The predicted molar refractivity (Wildman–Crippen MR) is 438 cm³/mol. The zero-order valence-corrected chi connectivity index (χ0v) is 59.7. The SMILES string of the molecule is CC1(C)CC(C)(C)c2cc(-c3ccc(N4c5cc(-c6ccccc6)ccc5B5c6ccc(-n7c8ccc(-c9ccccc9)cc8c8cc(-c9ccccc9)ccc87)cc6N(c6ccc(-c7ccc8c(c7)C(C)(C)CC8(C)C)cc6)c6cc(-n7c8ccccc8c8ccccc87)cc4c65)cc3)ccc21. The van der Waals surface area contributed by atoms with Crippen molar-refractivity contribution in [3.63, 3.8) is 0 Å². The fraction of sp³-hybridized carbons (Fsp3) is 0.143. The summed E-state index contributed by atoms with van der Waals surface area (Å²) in [6.07, 6.45) is 2.25. The minimum atomic E-state index is -0.162. The molecule has 14 aromatic carbocycles. The number of para-hydroxylation sites is 2. The van der Waals surface area contributed by atoms with Gasteiger partial charge in [-0.2, -0.15) is 0 Å². The molecule has 0 unspecified atom stereocenters. The molecule has 494 valence electrons. The van der Waals surface area contributed by atoms with Gasteiger partial charge in [-0.1, -0.05) is 274 Å². The van der Waals surface area contributed by atoms with Crippen LogP contribution in [0.1, 0.15) is 90.5 Å². The third kappa shape index (κ3) is 9.51. The average molecular weight is 1320 g/mol. The number of rotatable bonds is 9. The van der Waals surface area contributed by atoms with Crippen LogP contribution in [-0.4, -0.2) is 15.8 Å². The zero-order valence-electron chi connectivity index (χ0n) is 59.7. The molecule has 0 fully saturated rings. The Kier molecular flexibility index (Phi) is 13.3. The molecule has 0 amide bonds. The Morgan fingerprint density at radius 3 is 1.02 bits per heavy atom. The summed E-state index contributed by atoms with van der Waals surface area (Å²) in [7, 11) is 0. The van der Waals surface area contributed by atoms with Gasteiger partial charge < -0.3 is 18.9 Å². The summed E-state index contributed by atoms with van der Waals surface area (Å²) in [4.78, 5) is 5.23. The first-order valence-electron chi connectivity index (χ1n) is 36.8. The summed E-state index contributed by atoms with van der Waals surface area (Å²) in [5, 5.41) is 4.88. The highest BCUT2D eigenvalue weighted by molar-refractivity contribution is 7.00. The Morgan fingerprint density at radius 2 is 0.553 bits per heavy atom. The second-order valence-corrected chi connectivity index (χ2v) is 32.3. The normalized spacial score (nSPS) is 15.6. The first-order valence-corrected chi connectivity index (χ1v) is 36.8. The Balaban J connectivity index is 0.856. The number of hydrogen-bond acceptors (Lipinski definition) is 2. The maximum absolute atomic E-state index is 2.62. The monoisotopic (exact) mass is 1320 g/mol. The number of benzene rings is 14. The van der Waals surface area contributed by atoms with E-state index in [-0.39, 0.29) is 28.4 Å². The molecule has 4 heterocycles. The van der Waals surface area contributed by atoms with Crippen molar-refractivity contribution >= 4 is 101 Å². The van der Waals surface area contributed by atoms with Crippen molar-refractivity contribution < 1.29 is 0 Å². The third-order valence-electron chi connectivity index (χ3n) is 23.9. The van der Waals surface area contributed by atoms with Gasteiger partial charge in [0.05, 0.1) is 27.8 Å². The summed E-state index contributed by atoms with van der Waals surface area (Å²) in [5.41, 5.74) is 35.7. The van der Waals surface area contributed by atoms with E-state index >= 15 is 0 Å². The molecule has 0 spiro atoms. The molecule has 4 aliphatic rings. The van der Waals surface area contributed by atoms with Gasteiger partial charge >= 0.3 is 0 Å². The van der Waals surface area contributed by atoms with Gasteiger partial charge in [0.2, 0.25) is 0 Å². The smallest absolute Gasteiger partial charge is 0.252 e. The summed E-state index contributed by atoms with van der Waals surface area (Å²) in [6, 6.07) is 118. The number of aromatic nitrogens is 2.